The lowest BCUT2D eigenvalue weighted by atomic mass is 9.93. The van der Waals surface area contributed by atoms with Crippen LogP contribution in [0.3, 0.4) is 0 Å². The van der Waals surface area contributed by atoms with Gasteiger partial charge in [0.05, 0.1) is 0 Å². The minimum atomic E-state index is 0.263. The molecule has 0 spiro atoms. The molecular formula is C22H45NO. The fourth-order valence-electron chi connectivity index (χ4n) is 3.30. The average molecular weight is 340 g/mol. The van der Waals surface area contributed by atoms with Gasteiger partial charge in [0.25, 0.3) is 0 Å². The number of amides is 1. The maximum Gasteiger partial charge on any atom is 0.223 e. The number of carbonyl (C=O) groups excluding carboxylic acids is 1. The van der Waals surface area contributed by atoms with Gasteiger partial charge in [0.2, 0.25) is 5.91 Å². The molecule has 2 heteroatoms. The van der Waals surface area contributed by atoms with Gasteiger partial charge in [0, 0.05) is 12.5 Å². The summed E-state index contributed by atoms with van der Waals surface area (Å²) in [4.78, 5) is 12.5. The van der Waals surface area contributed by atoms with Gasteiger partial charge in [-0.05, 0) is 19.3 Å². The highest BCUT2D eigenvalue weighted by atomic mass is 16.1. The quantitative estimate of drug-likeness (QED) is 0.267. The summed E-state index contributed by atoms with van der Waals surface area (Å²) in [6.45, 7) is 7.61. The average Bonchev–Trinajstić information content (AvgIpc) is 2.59. The highest BCUT2D eigenvalue weighted by Gasteiger charge is 2.17. The van der Waals surface area contributed by atoms with Crippen LogP contribution in [-0.2, 0) is 4.79 Å². The van der Waals surface area contributed by atoms with E-state index in [-0.39, 0.29) is 5.92 Å². The molecule has 24 heavy (non-hydrogen) atoms. The highest BCUT2D eigenvalue weighted by molar-refractivity contribution is 5.78. The van der Waals surface area contributed by atoms with Crippen molar-refractivity contribution in [1.82, 2.24) is 5.32 Å². The van der Waals surface area contributed by atoms with Gasteiger partial charge in [-0.15, -0.1) is 0 Å². The standard InChI is InChI=1S/C22H45NO/c1-4-7-10-13-14-16-19-21(18-15-11-8-5-2)22(24)23-20-17-12-9-6-3/h21H,4-20H2,1-3H3,(H,23,24). The van der Waals surface area contributed by atoms with E-state index in [0.717, 1.165) is 25.8 Å². The predicted molar refractivity (Wildman–Crippen MR) is 107 cm³/mol. The Balaban J connectivity index is 3.98. The number of hydrogen-bond acceptors (Lipinski definition) is 1. The van der Waals surface area contributed by atoms with Crippen LogP contribution in [0.5, 0.6) is 0 Å². The monoisotopic (exact) mass is 339 g/mol. The van der Waals surface area contributed by atoms with E-state index in [2.05, 4.69) is 26.1 Å². The molecule has 0 radical (unpaired) electrons. The molecular weight excluding hydrogens is 294 g/mol. The molecule has 0 fully saturated rings. The third kappa shape index (κ3) is 15.0. The smallest absolute Gasteiger partial charge is 0.223 e. The first-order valence-corrected chi connectivity index (χ1v) is 11.0. The Morgan fingerprint density at radius 1 is 0.625 bits per heavy atom. The Morgan fingerprint density at radius 3 is 1.58 bits per heavy atom. The van der Waals surface area contributed by atoms with Crippen molar-refractivity contribution in [3.63, 3.8) is 0 Å². The highest BCUT2D eigenvalue weighted by Crippen LogP contribution is 2.19. The van der Waals surface area contributed by atoms with Crippen molar-refractivity contribution in [3.8, 4) is 0 Å². The summed E-state index contributed by atoms with van der Waals surface area (Å²) >= 11 is 0. The SMILES string of the molecule is CCCCCCCCC(CCCCCC)C(=O)NCCCCCC. The first-order chi connectivity index (χ1) is 11.8. The van der Waals surface area contributed by atoms with Crippen molar-refractivity contribution in [2.24, 2.45) is 5.92 Å². The van der Waals surface area contributed by atoms with Crippen LogP contribution >= 0.6 is 0 Å². The van der Waals surface area contributed by atoms with Crippen molar-refractivity contribution in [2.45, 2.75) is 124 Å². The lowest BCUT2D eigenvalue weighted by Crippen LogP contribution is -2.31. The molecule has 144 valence electrons. The van der Waals surface area contributed by atoms with E-state index in [0.29, 0.717) is 5.91 Å². The summed E-state index contributed by atoms with van der Waals surface area (Å²) < 4.78 is 0. The van der Waals surface area contributed by atoms with Gasteiger partial charge in [-0.3, -0.25) is 4.79 Å². The van der Waals surface area contributed by atoms with Crippen LogP contribution in [-0.4, -0.2) is 12.5 Å². The van der Waals surface area contributed by atoms with E-state index in [1.807, 2.05) is 0 Å². The van der Waals surface area contributed by atoms with Gasteiger partial charge in [-0.1, -0.05) is 104 Å². The molecule has 0 aromatic heterocycles. The van der Waals surface area contributed by atoms with Gasteiger partial charge >= 0.3 is 0 Å². The Bertz CT molecular complexity index is 265. The summed E-state index contributed by atoms with van der Waals surface area (Å²) in [6.07, 6.45) is 20.1. The topological polar surface area (TPSA) is 29.1 Å². The van der Waals surface area contributed by atoms with E-state index in [4.69, 9.17) is 0 Å². The molecule has 0 aromatic carbocycles. The number of hydrogen-bond donors (Lipinski definition) is 1. The molecule has 0 aliphatic heterocycles. The summed E-state index contributed by atoms with van der Waals surface area (Å²) in [7, 11) is 0. The van der Waals surface area contributed by atoms with E-state index in [1.165, 1.54) is 83.5 Å². The second-order valence-electron chi connectivity index (χ2n) is 7.45. The minimum Gasteiger partial charge on any atom is -0.356 e. The van der Waals surface area contributed by atoms with Crippen LogP contribution in [0.2, 0.25) is 0 Å². The zero-order chi connectivity index (χ0) is 17.9. The van der Waals surface area contributed by atoms with Crippen LogP contribution in [0.15, 0.2) is 0 Å². The lowest BCUT2D eigenvalue weighted by molar-refractivity contribution is -0.125. The summed E-state index contributed by atoms with van der Waals surface area (Å²) in [6, 6.07) is 0. The predicted octanol–water partition coefficient (Wildman–Crippen LogP) is 7.02. The summed E-state index contributed by atoms with van der Waals surface area (Å²) in [5, 5.41) is 3.20. The van der Waals surface area contributed by atoms with Gasteiger partial charge in [0.1, 0.15) is 0 Å². The van der Waals surface area contributed by atoms with Crippen molar-refractivity contribution in [1.29, 1.82) is 0 Å². The number of rotatable bonds is 18. The van der Waals surface area contributed by atoms with E-state index in [9.17, 15) is 4.79 Å². The Morgan fingerprint density at radius 2 is 1.04 bits per heavy atom. The molecule has 0 heterocycles. The van der Waals surface area contributed by atoms with Crippen molar-refractivity contribution in [2.75, 3.05) is 6.54 Å². The zero-order valence-electron chi connectivity index (χ0n) is 17.0. The normalized spacial score (nSPS) is 12.3. The van der Waals surface area contributed by atoms with E-state index >= 15 is 0 Å². The van der Waals surface area contributed by atoms with Crippen LogP contribution < -0.4 is 5.32 Å². The van der Waals surface area contributed by atoms with Gasteiger partial charge in [0.15, 0.2) is 0 Å². The third-order valence-electron chi connectivity index (χ3n) is 5.01. The summed E-state index contributed by atoms with van der Waals surface area (Å²) in [5.41, 5.74) is 0. The number of carbonyl (C=O) groups is 1. The fourth-order valence-corrected chi connectivity index (χ4v) is 3.30. The van der Waals surface area contributed by atoms with Crippen molar-refractivity contribution >= 4 is 5.91 Å². The van der Waals surface area contributed by atoms with Crippen LogP contribution in [0.25, 0.3) is 0 Å². The third-order valence-corrected chi connectivity index (χ3v) is 5.01. The summed E-state index contributed by atoms with van der Waals surface area (Å²) in [5.74, 6) is 0.593. The molecule has 0 rings (SSSR count). The molecule has 0 bridgehead atoms. The molecule has 1 unspecified atom stereocenters. The van der Waals surface area contributed by atoms with Crippen LogP contribution in [0, 0.1) is 5.92 Å². The van der Waals surface area contributed by atoms with Crippen LogP contribution in [0.4, 0.5) is 0 Å². The molecule has 0 saturated heterocycles. The molecule has 0 aromatic rings. The lowest BCUT2D eigenvalue weighted by Gasteiger charge is -2.17. The van der Waals surface area contributed by atoms with Gasteiger partial charge < -0.3 is 5.32 Å². The van der Waals surface area contributed by atoms with Gasteiger partial charge in [-0.2, -0.15) is 0 Å². The Kier molecular flexibility index (Phi) is 18.4. The maximum absolute atomic E-state index is 12.5. The van der Waals surface area contributed by atoms with Crippen LogP contribution in [0.1, 0.15) is 124 Å². The molecule has 0 aliphatic rings. The molecule has 0 aliphatic carbocycles. The van der Waals surface area contributed by atoms with Gasteiger partial charge in [-0.25, -0.2) is 0 Å². The second-order valence-corrected chi connectivity index (χ2v) is 7.45. The first kappa shape index (κ1) is 23.5. The molecule has 2 nitrogen and oxygen atoms in total. The van der Waals surface area contributed by atoms with Crippen molar-refractivity contribution < 1.29 is 4.79 Å². The molecule has 0 saturated carbocycles. The Hall–Kier alpha value is -0.530. The van der Waals surface area contributed by atoms with Crippen molar-refractivity contribution in [3.05, 3.63) is 0 Å². The second kappa shape index (κ2) is 18.8. The molecule has 1 amide bonds. The zero-order valence-corrected chi connectivity index (χ0v) is 17.0. The Labute approximate surface area is 152 Å². The maximum atomic E-state index is 12.5. The largest absolute Gasteiger partial charge is 0.356 e. The molecule has 1 atom stereocenters. The molecule has 1 N–H and O–H groups in total. The van der Waals surface area contributed by atoms with E-state index < -0.39 is 0 Å². The number of nitrogens with one attached hydrogen (secondary N) is 1. The minimum absolute atomic E-state index is 0.263. The fraction of sp³-hybridized carbons (Fsp3) is 0.955. The van der Waals surface area contributed by atoms with E-state index in [1.54, 1.807) is 0 Å². The first-order valence-electron chi connectivity index (χ1n) is 11.0. The number of unbranched alkanes of at least 4 members (excludes halogenated alkanes) is 11.